The van der Waals surface area contributed by atoms with Gasteiger partial charge in [0, 0.05) is 11.3 Å². The largest absolute Gasteiger partial charge is 0.292 e. The Morgan fingerprint density at radius 1 is 1.38 bits per heavy atom. The lowest BCUT2D eigenvalue weighted by Crippen LogP contribution is -2.26. The molecule has 0 aliphatic rings. The number of hydrogen-bond acceptors (Lipinski definition) is 3. The van der Waals surface area contributed by atoms with Crippen molar-refractivity contribution < 1.29 is 17.6 Å². The summed E-state index contributed by atoms with van der Waals surface area (Å²) in [5.74, 6) is -1.18. The molecule has 0 saturated heterocycles. The van der Waals surface area contributed by atoms with Crippen LogP contribution in [0.4, 0.5) is 4.39 Å². The van der Waals surface area contributed by atoms with Gasteiger partial charge in [-0.25, -0.2) is 12.8 Å². The highest BCUT2D eigenvalue weighted by atomic mass is 79.9. The molecule has 0 amide bonds. The van der Waals surface area contributed by atoms with Crippen molar-refractivity contribution in [3.05, 3.63) is 35.6 Å². The molecular weight excluding hydrogens is 299 g/mol. The normalized spacial score (nSPS) is 13.4. The van der Waals surface area contributed by atoms with Gasteiger partial charge in [0.2, 0.25) is 0 Å². The van der Waals surface area contributed by atoms with Crippen molar-refractivity contribution in [2.45, 2.75) is 11.1 Å². The number of halogens is 2. The molecule has 0 aliphatic carbocycles. The maximum atomic E-state index is 12.6. The Kier molecular flexibility index (Phi) is 4.21. The van der Waals surface area contributed by atoms with E-state index in [4.69, 9.17) is 0 Å². The van der Waals surface area contributed by atoms with Gasteiger partial charge >= 0.3 is 0 Å². The Morgan fingerprint density at radius 3 is 2.31 bits per heavy atom. The van der Waals surface area contributed by atoms with Crippen molar-refractivity contribution in [3.63, 3.8) is 0 Å². The average molecular weight is 309 g/mol. The highest BCUT2D eigenvalue weighted by molar-refractivity contribution is 9.11. The molecule has 0 fully saturated rings. The molecule has 0 saturated carbocycles. The van der Waals surface area contributed by atoms with E-state index in [1.165, 1.54) is 19.1 Å². The standard InChI is InChI=1S/C10H10BrFO3S/c1-2-16(14,15)10(11)9(13)7-3-5-8(12)6-4-7/h3-6,10H,2H2,1H3/t10-/m0/s1. The first-order chi connectivity index (χ1) is 7.38. The first kappa shape index (κ1) is 13.3. The minimum absolute atomic E-state index is 0.129. The van der Waals surface area contributed by atoms with Gasteiger partial charge in [-0.1, -0.05) is 22.9 Å². The van der Waals surface area contributed by atoms with Gasteiger partial charge in [0.15, 0.2) is 19.8 Å². The summed E-state index contributed by atoms with van der Waals surface area (Å²) < 4.78 is 34.2. The van der Waals surface area contributed by atoms with Gasteiger partial charge in [-0.2, -0.15) is 0 Å². The molecule has 0 aliphatic heterocycles. The third kappa shape index (κ3) is 2.89. The molecule has 1 rings (SSSR count). The van der Waals surface area contributed by atoms with E-state index in [-0.39, 0.29) is 11.3 Å². The lowest BCUT2D eigenvalue weighted by Gasteiger charge is -2.08. The Labute approximate surface area is 102 Å². The summed E-state index contributed by atoms with van der Waals surface area (Å²) in [6, 6.07) is 4.76. The second-order valence-electron chi connectivity index (χ2n) is 3.14. The number of ketones is 1. The lowest BCUT2D eigenvalue weighted by atomic mass is 10.1. The van der Waals surface area contributed by atoms with E-state index in [1.807, 2.05) is 0 Å². The van der Waals surface area contributed by atoms with Gasteiger partial charge in [0.05, 0.1) is 0 Å². The predicted octanol–water partition coefficient (Wildman–Crippen LogP) is 2.16. The predicted molar refractivity (Wildman–Crippen MR) is 62.9 cm³/mol. The summed E-state index contributed by atoms with van der Waals surface area (Å²) in [5, 5.41) is 0. The van der Waals surface area contributed by atoms with Crippen molar-refractivity contribution in [2.75, 3.05) is 5.75 Å². The minimum Gasteiger partial charge on any atom is -0.292 e. The number of hydrogen-bond donors (Lipinski definition) is 0. The molecule has 0 bridgehead atoms. The SMILES string of the molecule is CCS(=O)(=O)[C@H](Br)C(=O)c1ccc(F)cc1. The molecule has 6 heteroatoms. The van der Waals surface area contributed by atoms with Crippen molar-refractivity contribution in [2.24, 2.45) is 0 Å². The van der Waals surface area contributed by atoms with E-state index in [2.05, 4.69) is 15.9 Å². The molecule has 1 aromatic rings. The van der Waals surface area contributed by atoms with E-state index in [0.29, 0.717) is 0 Å². The zero-order valence-electron chi connectivity index (χ0n) is 8.48. The fourth-order valence-corrected chi connectivity index (χ4v) is 2.87. The molecule has 16 heavy (non-hydrogen) atoms. The van der Waals surface area contributed by atoms with Crippen LogP contribution in [0, 0.1) is 5.82 Å². The van der Waals surface area contributed by atoms with Gasteiger partial charge in [-0.3, -0.25) is 4.79 Å². The number of Topliss-reactive ketones (excluding diaryl/α,β-unsaturated/α-hetero) is 1. The van der Waals surface area contributed by atoms with Crippen molar-refractivity contribution >= 4 is 31.6 Å². The van der Waals surface area contributed by atoms with Gasteiger partial charge in [-0.05, 0) is 24.3 Å². The van der Waals surface area contributed by atoms with Gasteiger partial charge in [0.25, 0.3) is 0 Å². The number of sulfone groups is 1. The van der Waals surface area contributed by atoms with Crippen molar-refractivity contribution in [1.29, 1.82) is 0 Å². The minimum atomic E-state index is -3.48. The highest BCUT2D eigenvalue weighted by Gasteiger charge is 2.28. The monoisotopic (exact) mass is 308 g/mol. The van der Waals surface area contributed by atoms with E-state index >= 15 is 0 Å². The van der Waals surface area contributed by atoms with E-state index in [1.54, 1.807) is 0 Å². The van der Waals surface area contributed by atoms with Crippen LogP contribution in [-0.4, -0.2) is 24.1 Å². The molecule has 3 nitrogen and oxygen atoms in total. The van der Waals surface area contributed by atoms with E-state index in [9.17, 15) is 17.6 Å². The summed E-state index contributed by atoms with van der Waals surface area (Å²) >= 11 is 2.85. The zero-order valence-corrected chi connectivity index (χ0v) is 10.9. The maximum absolute atomic E-state index is 12.6. The van der Waals surface area contributed by atoms with E-state index in [0.717, 1.165) is 12.1 Å². The Bertz CT molecular complexity index is 481. The third-order valence-electron chi connectivity index (χ3n) is 2.05. The molecule has 0 aromatic heterocycles. The van der Waals surface area contributed by atoms with Crippen molar-refractivity contribution in [1.82, 2.24) is 0 Å². The van der Waals surface area contributed by atoms with Crippen LogP contribution in [0.5, 0.6) is 0 Å². The Balaban J connectivity index is 2.99. The second kappa shape index (κ2) is 5.05. The Hall–Kier alpha value is -0.750. The average Bonchev–Trinajstić information content (AvgIpc) is 2.28. The molecule has 0 radical (unpaired) electrons. The lowest BCUT2D eigenvalue weighted by molar-refractivity contribution is 0.101. The molecule has 0 N–H and O–H groups in total. The summed E-state index contributed by atoms with van der Waals surface area (Å²) in [7, 11) is -3.48. The van der Waals surface area contributed by atoms with Gasteiger partial charge < -0.3 is 0 Å². The number of carbonyl (C=O) groups is 1. The number of alkyl halides is 1. The fraction of sp³-hybridized carbons (Fsp3) is 0.300. The maximum Gasteiger partial charge on any atom is 0.191 e. The summed E-state index contributed by atoms with van der Waals surface area (Å²) in [6.07, 6.45) is 0. The van der Waals surface area contributed by atoms with Crippen LogP contribution in [0.2, 0.25) is 0 Å². The topological polar surface area (TPSA) is 51.2 Å². The molecule has 0 heterocycles. The first-order valence-corrected chi connectivity index (χ1v) is 7.17. The summed E-state index contributed by atoms with van der Waals surface area (Å²) in [5.41, 5.74) is 0.167. The van der Waals surface area contributed by atoms with Gasteiger partial charge in [0.1, 0.15) is 5.82 Å². The molecular formula is C10H10BrFO3S. The second-order valence-corrected chi connectivity index (χ2v) is 7.03. The summed E-state index contributed by atoms with van der Waals surface area (Å²) in [4.78, 5) is 11.7. The number of benzene rings is 1. The molecule has 0 unspecified atom stereocenters. The summed E-state index contributed by atoms with van der Waals surface area (Å²) in [6.45, 7) is 1.46. The molecule has 88 valence electrons. The van der Waals surface area contributed by atoms with Crippen LogP contribution < -0.4 is 0 Å². The molecule has 0 spiro atoms. The van der Waals surface area contributed by atoms with Crippen LogP contribution in [0.25, 0.3) is 0 Å². The first-order valence-electron chi connectivity index (χ1n) is 4.54. The van der Waals surface area contributed by atoms with Crippen LogP contribution >= 0.6 is 15.9 Å². The number of rotatable bonds is 4. The van der Waals surface area contributed by atoms with Crippen LogP contribution in [-0.2, 0) is 9.84 Å². The smallest absolute Gasteiger partial charge is 0.191 e. The third-order valence-corrected chi connectivity index (χ3v) is 5.83. The Morgan fingerprint density at radius 2 is 1.88 bits per heavy atom. The molecule has 1 atom stereocenters. The molecule has 1 aromatic carbocycles. The van der Waals surface area contributed by atoms with Gasteiger partial charge in [-0.15, -0.1) is 0 Å². The fourth-order valence-electron chi connectivity index (χ4n) is 1.05. The quantitative estimate of drug-likeness (QED) is 0.632. The zero-order chi connectivity index (χ0) is 12.3. The number of carbonyl (C=O) groups excluding carboxylic acids is 1. The van der Waals surface area contributed by atoms with Crippen LogP contribution in [0.3, 0.4) is 0 Å². The van der Waals surface area contributed by atoms with Crippen molar-refractivity contribution in [3.8, 4) is 0 Å². The van der Waals surface area contributed by atoms with E-state index < -0.39 is 25.6 Å². The highest BCUT2D eigenvalue weighted by Crippen LogP contribution is 2.17. The van der Waals surface area contributed by atoms with Crippen LogP contribution in [0.1, 0.15) is 17.3 Å². The van der Waals surface area contributed by atoms with Crippen LogP contribution in [0.15, 0.2) is 24.3 Å².